The summed E-state index contributed by atoms with van der Waals surface area (Å²) in [6, 6.07) is 9.70. The summed E-state index contributed by atoms with van der Waals surface area (Å²) in [5.41, 5.74) is 11.3. The minimum Gasteiger partial charge on any atom is -0.486 e. The largest absolute Gasteiger partial charge is 0.486 e. The van der Waals surface area contributed by atoms with Gasteiger partial charge in [-0.1, -0.05) is 0 Å². The van der Waals surface area contributed by atoms with Gasteiger partial charge in [0.1, 0.15) is 13.2 Å². The molecule has 2 aromatic carbocycles. The lowest BCUT2D eigenvalue weighted by Crippen LogP contribution is -2.15. The summed E-state index contributed by atoms with van der Waals surface area (Å²) < 4.78 is 12.2. The number of fused-ring (bicyclic) bond motifs is 2. The van der Waals surface area contributed by atoms with Crippen molar-refractivity contribution >= 4 is 38.6 Å². The van der Waals surface area contributed by atoms with Gasteiger partial charge < -0.3 is 20.5 Å². The molecule has 0 atom stereocenters. The highest BCUT2D eigenvalue weighted by Crippen LogP contribution is 2.38. The molecule has 21 heavy (non-hydrogen) atoms. The van der Waals surface area contributed by atoms with E-state index in [4.69, 9.17) is 15.2 Å². The first-order valence-electron chi connectivity index (χ1n) is 6.59. The number of nitrogens with one attached hydrogen (secondary N) is 1. The van der Waals surface area contributed by atoms with E-state index in [2.05, 4.69) is 16.4 Å². The van der Waals surface area contributed by atoms with E-state index in [1.165, 1.54) is 0 Å². The lowest BCUT2D eigenvalue weighted by molar-refractivity contribution is 0.172. The molecule has 0 unspecified atom stereocenters. The molecule has 3 N–H and O–H groups in total. The fourth-order valence-corrected chi connectivity index (χ4v) is 3.02. The lowest BCUT2D eigenvalue weighted by Gasteiger charge is -2.20. The van der Waals surface area contributed by atoms with Crippen molar-refractivity contribution in [2.75, 3.05) is 24.3 Å². The third-order valence-electron chi connectivity index (χ3n) is 3.32. The summed E-state index contributed by atoms with van der Waals surface area (Å²) in [4.78, 5) is 4.27. The number of benzene rings is 2. The van der Waals surface area contributed by atoms with Gasteiger partial charge in [0.15, 0.2) is 11.5 Å². The summed E-state index contributed by atoms with van der Waals surface area (Å²) in [5, 5.41) is 3.32. The standard InChI is InChI=1S/C15H13N3O2S/c16-10-6-13-14(20-4-3-19-13)7-12(10)18-9-1-2-11-15(5-9)21-8-17-11/h1-2,5-8,18H,3-4,16H2. The average Bonchev–Trinajstić information content (AvgIpc) is 2.95. The van der Waals surface area contributed by atoms with Gasteiger partial charge in [-0.3, -0.25) is 0 Å². The summed E-state index contributed by atoms with van der Waals surface area (Å²) in [6.07, 6.45) is 0. The predicted octanol–water partition coefficient (Wildman–Crippen LogP) is 3.39. The molecule has 106 valence electrons. The maximum atomic E-state index is 6.08. The van der Waals surface area contributed by atoms with Gasteiger partial charge in [-0.2, -0.15) is 0 Å². The van der Waals surface area contributed by atoms with Crippen LogP contribution in [0.1, 0.15) is 0 Å². The molecule has 1 aromatic heterocycles. The van der Waals surface area contributed by atoms with Crippen LogP contribution in [0.2, 0.25) is 0 Å². The maximum Gasteiger partial charge on any atom is 0.163 e. The lowest BCUT2D eigenvalue weighted by atomic mass is 10.2. The Kier molecular flexibility index (Phi) is 2.82. The molecular weight excluding hydrogens is 286 g/mol. The van der Waals surface area contributed by atoms with E-state index in [1.807, 2.05) is 23.7 Å². The van der Waals surface area contributed by atoms with Crippen molar-refractivity contribution in [2.24, 2.45) is 0 Å². The van der Waals surface area contributed by atoms with Crippen LogP contribution in [0.25, 0.3) is 10.2 Å². The Morgan fingerprint density at radius 3 is 2.76 bits per heavy atom. The number of hydrogen-bond donors (Lipinski definition) is 2. The molecule has 2 heterocycles. The van der Waals surface area contributed by atoms with Crippen molar-refractivity contribution in [2.45, 2.75) is 0 Å². The number of nitrogens with two attached hydrogens (primary N) is 1. The smallest absolute Gasteiger partial charge is 0.163 e. The molecular formula is C15H13N3O2S. The molecule has 5 nitrogen and oxygen atoms in total. The van der Waals surface area contributed by atoms with Crippen LogP contribution >= 0.6 is 11.3 Å². The Hall–Kier alpha value is -2.47. The van der Waals surface area contributed by atoms with Crippen molar-refractivity contribution < 1.29 is 9.47 Å². The molecule has 0 amide bonds. The summed E-state index contributed by atoms with van der Waals surface area (Å²) in [6.45, 7) is 1.12. The van der Waals surface area contributed by atoms with Crippen molar-refractivity contribution in [3.05, 3.63) is 35.8 Å². The quantitative estimate of drug-likeness (QED) is 0.710. The van der Waals surface area contributed by atoms with Gasteiger partial charge >= 0.3 is 0 Å². The maximum absolute atomic E-state index is 6.08. The molecule has 0 spiro atoms. The Labute approximate surface area is 125 Å². The molecule has 0 aliphatic carbocycles. The Morgan fingerprint density at radius 2 is 1.90 bits per heavy atom. The van der Waals surface area contributed by atoms with Crippen LogP contribution in [-0.4, -0.2) is 18.2 Å². The molecule has 6 heteroatoms. The van der Waals surface area contributed by atoms with E-state index >= 15 is 0 Å². The van der Waals surface area contributed by atoms with Gasteiger partial charge in [0.25, 0.3) is 0 Å². The number of aromatic nitrogens is 1. The molecule has 3 aromatic rings. The van der Waals surface area contributed by atoms with Crippen LogP contribution in [0.5, 0.6) is 11.5 Å². The van der Waals surface area contributed by atoms with Crippen LogP contribution in [0, 0.1) is 0 Å². The first-order valence-corrected chi connectivity index (χ1v) is 7.47. The van der Waals surface area contributed by atoms with Gasteiger partial charge in [0.05, 0.1) is 27.1 Å². The Bertz CT molecular complexity index is 816. The topological polar surface area (TPSA) is 69.4 Å². The van der Waals surface area contributed by atoms with E-state index in [0.29, 0.717) is 24.7 Å². The van der Waals surface area contributed by atoms with Crippen LogP contribution in [0.15, 0.2) is 35.8 Å². The number of hydrogen-bond acceptors (Lipinski definition) is 6. The second kappa shape index (κ2) is 4.82. The average molecular weight is 299 g/mol. The molecule has 0 bridgehead atoms. The van der Waals surface area contributed by atoms with Crippen LogP contribution in [0.3, 0.4) is 0 Å². The van der Waals surface area contributed by atoms with E-state index < -0.39 is 0 Å². The molecule has 1 aliphatic rings. The fourth-order valence-electron chi connectivity index (χ4n) is 2.30. The summed E-state index contributed by atoms with van der Waals surface area (Å²) in [5.74, 6) is 1.42. The SMILES string of the molecule is Nc1cc2c(cc1Nc1ccc3ncsc3c1)OCCO2. The van der Waals surface area contributed by atoms with Gasteiger partial charge in [-0.15, -0.1) is 11.3 Å². The Balaban J connectivity index is 1.69. The highest BCUT2D eigenvalue weighted by molar-refractivity contribution is 7.16. The molecule has 1 aliphatic heterocycles. The summed E-state index contributed by atoms with van der Waals surface area (Å²) >= 11 is 1.61. The van der Waals surface area contributed by atoms with Crippen molar-refractivity contribution in [3.8, 4) is 11.5 Å². The molecule has 0 saturated carbocycles. The second-order valence-electron chi connectivity index (χ2n) is 4.74. The van der Waals surface area contributed by atoms with Crippen molar-refractivity contribution in [1.29, 1.82) is 0 Å². The zero-order valence-corrected chi connectivity index (χ0v) is 11.9. The molecule has 0 fully saturated rings. The highest BCUT2D eigenvalue weighted by Gasteiger charge is 2.14. The number of thiazole rings is 1. The van der Waals surface area contributed by atoms with Crippen LogP contribution < -0.4 is 20.5 Å². The van der Waals surface area contributed by atoms with Gasteiger partial charge in [-0.05, 0) is 18.2 Å². The first kappa shape index (κ1) is 12.3. The van der Waals surface area contributed by atoms with Crippen molar-refractivity contribution in [1.82, 2.24) is 4.98 Å². The van der Waals surface area contributed by atoms with Crippen LogP contribution in [-0.2, 0) is 0 Å². The zero-order valence-electron chi connectivity index (χ0n) is 11.1. The number of ether oxygens (including phenoxy) is 2. The van der Waals surface area contributed by atoms with Crippen LogP contribution in [0.4, 0.5) is 17.1 Å². The normalized spacial score (nSPS) is 13.3. The predicted molar refractivity (Wildman–Crippen MR) is 84.7 cm³/mol. The fraction of sp³-hybridized carbons (Fsp3) is 0.133. The number of rotatable bonds is 2. The zero-order chi connectivity index (χ0) is 14.2. The third kappa shape index (κ3) is 2.23. The van der Waals surface area contributed by atoms with E-state index in [-0.39, 0.29) is 0 Å². The minimum atomic E-state index is 0.557. The summed E-state index contributed by atoms with van der Waals surface area (Å²) in [7, 11) is 0. The molecule has 0 radical (unpaired) electrons. The Morgan fingerprint density at radius 1 is 1.10 bits per heavy atom. The van der Waals surface area contributed by atoms with Crippen molar-refractivity contribution in [3.63, 3.8) is 0 Å². The van der Waals surface area contributed by atoms with E-state index in [0.717, 1.165) is 27.3 Å². The number of nitrogen functional groups attached to an aromatic ring is 1. The second-order valence-corrected chi connectivity index (χ2v) is 5.63. The van der Waals surface area contributed by atoms with E-state index in [9.17, 15) is 0 Å². The monoisotopic (exact) mass is 299 g/mol. The van der Waals surface area contributed by atoms with Gasteiger partial charge in [-0.25, -0.2) is 4.98 Å². The first-order chi connectivity index (χ1) is 10.3. The van der Waals surface area contributed by atoms with Gasteiger partial charge in [0, 0.05) is 17.8 Å². The third-order valence-corrected chi connectivity index (χ3v) is 4.12. The van der Waals surface area contributed by atoms with E-state index in [1.54, 1.807) is 17.4 Å². The van der Waals surface area contributed by atoms with Gasteiger partial charge in [0.2, 0.25) is 0 Å². The highest BCUT2D eigenvalue weighted by atomic mass is 32.1. The minimum absolute atomic E-state index is 0.557. The number of anilines is 3. The molecule has 4 rings (SSSR count). The molecule has 0 saturated heterocycles. The number of nitrogens with zero attached hydrogens (tertiary/aromatic N) is 1.